The number of anilines is 2. The van der Waals surface area contributed by atoms with E-state index in [2.05, 4.69) is 25.7 Å². The standard InChI is InChI=1S/C16H14ClN7O2/c1-26-3-2-13-12(9-20-15-5-14(17)23-24(13)15)22-16(25)21-11-4-10(6-18)7-19-8-11/h4-5,7-9H,2-3H2,1H3,(H2,21,22,25). The first-order valence-electron chi connectivity index (χ1n) is 7.56. The Labute approximate surface area is 153 Å². The summed E-state index contributed by atoms with van der Waals surface area (Å²) in [4.78, 5) is 20.4. The fourth-order valence-corrected chi connectivity index (χ4v) is 2.52. The van der Waals surface area contributed by atoms with Crippen molar-refractivity contribution in [3.8, 4) is 6.07 Å². The number of carbonyl (C=O) groups excluding carboxylic acids is 1. The van der Waals surface area contributed by atoms with Crippen LogP contribution in [0.1, 0.15) is 11.3 Å². The van der Waals surface area contributed by atoms with Crippen LogP contribution >= 0.6 is 11.6 Å². The molecule has 0 aliphatic carbocycles. The summed E-state index contributed by atoms with van der Waals surface area (Å²) >= 11 is 5.95. The van der Waals surface area contributed by atoms with Gasteiger partial charge in [-0.3, -0.25) is 4.98 Å². The molecule has 0 aromatic carbocycles. The van der Waals surface area contributed by atoms with Gasteiger partial charge in [0, 0.05) is 25.8 Å². The van der Waals surface area contributed by atoms with E-state index in [-0.39, 0.29) is 0 Å². The number of nitrogens with zero attached hydrogens (tertiary/aromatic N) is 5. The Morgan fingerprint density at radius 3 is 2.96 bits per heavy atom. The Hall–Kier alpha value is -3.22. The SMILES string of the molecule is COCCc1c(NC(=O)Nc2cncc(C#N)c2)cnc2cc(Cl)nn12. The van der Waals surface area contributed by atoms with E-state index in [1.807, 2.05) is 6.07 Å². The molecule has 3 aromatic heterocycles. The van der Waals surface area contributed by atoms with Gasteiger partial charge in [-0.2, -0.15) is 10.4 Å². The molecule has 0 aliphatic rings. The van der Waals surface area contributed by atoms with Crippen LogP contribution in [0.4, 0.5) is 16.2 Å². The predicted octanol–water partition coefficient (Wildman–Crippen LogP) is 2.48. The molecule has 2 N–H and O–H groups in total. The monoisotopic (exact) mass is 371 g/mol. The third-order valence-corrected chi connectivity index (χ3v) is 3.65. The normalized spacial score (nSPS) is 10.5. The van der Waals surface area contributed by atoms with Gasteiger partial charge in [0.2, 0.25) is 0 Å². The van der Waals surface area contributed by atoms with Crippen molar-refractivity contribution in [2.45, 2.75) is 6.42 Å². The minimum Gasteiger partial charge on any atom is -0.384 e. The number of aromatic nitrogens is 4. The molecule has 3 heterocycles. The smallest absolute Gasteiger partial charge is 0.323 e. The van der Waals surface area contributed by atoms with E-state index in [9.17, 15) is 4.79 Å². The number of methoxy groups -OCH3 is 1. The zero-order chi connectivity index (χ0) is 18.5. The van der Waals surface area contributed by atoms with Crippen LogP contribution < -0.4 is 10.6 Å². The topological polar surface area (TPSA) is 117 Å². The zero-order valence-corrected chi connectivity index (χ0v) is 14.5. The van der Waals surface area contributed by atoms with E-state index in [1.165, 1.54) is 24.7 Å². The van der Waals surface area contributed by atoms with Gasteiger partial charge in [0.15, 0.2) is 10.8 Å². The van der Waals surface area contributed by atoms with Gasteiger partial charge in [-0.1, -0.05) is 11.6 Å². The highest BCUT2D eigenvalue weighted by Crippen LogP contribution is 2.20. The molecule has 0 saturated heterocycles. The third-order valence-electron chi connectivity index (χ3n) is 3.47. The fourth-order valence-electron chi connectivity index (χ4n) is 2.35. The molecule has 3 rings (SSSR count). The van der Waals surface area contributed by atoms with Crippen LogP contribution in [0.25, 0.3) is 5.65 Å². The van der Waals surface area contributed by atoms with Crippen LogP contribution in [0.15, 0.2) is 30.7 Å². The van der Waals surface area contributed by atoms with Crippen LogP contribution in [-0.2, 0) is 11.2 Å². The Morgan fingerprint density at radius 2 is 2.19 bits per heavy atom. The van der Waals surface area contributed by atoms with E-state index >= 15 is 0 Å². The molecule has 2 amide bonds. The van der Waals surface area contributed by atoms with Gasteiger partial charge < -0.3 is 15.4 Å². The molecule has 0 saturated carbocycles. The third kappa shape index (κ3) is 3.88. The number of nitrogens with one attached hydrogen (secondary N) is 2. The fraction of sp³-hybridized carbons (Fsp3) is 0.188. The van der Waals surface area contributed by atoms with Crippen molar-refractivity contribution >= 4 is 34.7 Å². The van der Waals surface area contributed by atoms with Gasteiger partial charge in [0.25, 0.3) is 0 Å². The lowest BCUT2D eigenvalue weighted by Crippen LogP contribution is -2.22. The number of pyridine rings is 1. The van der Waals surface area contributed by atoms with Crippen molar-refractivity contribution in [2.75, 3.05) is 24.4 Å². The second-order valence-electron chi connectivity index (χ2n) is 5.25. The Morgan fingerprint density at radius 1 is 1.35 bits per heavy atom. The lowest BCUT2D eigenvalue weighted by atomic mass is 10.2. The molecule has 132 valence electrons. The Balaban J connectivity index is 1.84. The molecular weight excluding hydrogens is 358 g/mol. The Kier molecular flexibility index (Phi) is 5.26. The van der Waals surface area contributed by atoms with Gasteiger partial charge >= 0.3 is 6.03 Å². The number of carbonyl (C=O) groups is 1. The molecule has 10 heteroatoms. The maximum absolute atomic E-state index is 12.3. The maximum Gasteiger partial charge on any atom is 0.323 e. The quantitative estimate of drug-likeness (QED) is 0.711. The summed E-state index contributed by atoms with van der Waals surface area (Å²) in [5.41, 5.74) is 2.48. The number of urea groups is 1. The summed E-state index contributed by atoms with van der Waals surface area (Å²) in [6.07, 6.45) is 4.88. The van der Waals surface area contributed by atoms with Gasteiger partial charge in [-0.15, -0.1) is 0 Å². The summed E-state index contributed by atoms with van der Waals surface area (Å²) in [7, 11) is 1.59. The minimum absolute atomic E-state index is 0.303. The van der Waals surface area contributed by atoms with Crippen LogP contribution in [0, 0.1) is 11.3 Å². The van der Waals surface area contributed by atoms with E-state index in [0.29, 0.717) is 46.5 Å². The molecular formula is C16H14ClN7O2. The van der Waals surface area contributed by atoms with Gasteiger partial charge in [0.05, 0.1) is 41.6 Å². The number of rotatable bonds is 5. The summed E-state index contributed by atoms with van der Waals surface area (Å²) in [6, 6.07) is 4.61. The van der Waals surface area contributed by atoms with Crippen molar-refractivity contribution in [3.63, 3.8) is 0 Å². The highest BCUT2D eigenvalue weighted by atomic mass is 35.5. The number of fused-ring (bicyclic) bond motifs is 1. The van der Waals surface area contributed by atoms with Crippen molar-refractivity contribution in [3.05, 3.63) is 47.1 Å². The molecule has 26 heavy (non-hydrogen) atoms. The van der Waals surface area contributed by atoms with Gasteiger partial charge in [-0.25, -0.2) is 14.3 Å². The van der Waals surface area contributed by atoms with Crippen LogP contribution in [-0.4, -0.2) is 39.3 Å². The van der Waals surface area contributed by atoms with Gasteiger partial charge in [0.1, 0.15) is 6.07 Å². The number of halogens is 1. The second kappa shape index (κ2) is 7.77. The number of hydrogen-bond acceptors (Lipinski definition) is 6. The molecule has 0 fully saturated rings. The summed E-state index contributed by atoms with van der Waals surface area (Å²) in [6.45, 7) is 0.432. The molecule has 3 aromatic rings. The second-order valence-corrected chi connectivity index (χ2v) is 5.64. The molecule has 9 nitrogen and oxygen atoms in total. The van der Waals surface area contributed by atoms with Crippen LogP contribution in [0.5, 0.6) is 0 Å². The van der Waals surface area contributed by atoms with E-state index < -0.39 is 6.03 Å². The lowest BCUT2D eigenvalue weighted by Gasteiger charge is -2.13. The van der Waals surface area contributed by atoms with Gasteiger partial charge in [-0.05, 0) is 6.07 Å². The summed E-state index contributed by atoms with van der Waals surface area (Å²) < 4.78 is 6.69. The highest BCUT2D eigenvalue weighted by molar-refractivity contribution is 6.29. The van der Waals surface area contributed by atoms with E-state index in [1.54, 1.807) is 17.7 Å². The average Bonchev–Trinajstić information content (AvgIpc) is 3.01. The summed E-state index contributed by atoms with van der Waals surface area (Å²) in [5, 5.41) is 18.7. The molecule has 0 radical (unpaired) electrons. The maximum atomic E-state index is 12.3. The largest absolute Gasteiger partial charge is 0.384 e. The first kappa shape index (κ1) is 17.6. The number of amides is 2. The van der Waals surface area contributed by atoms with Crippen molar-refractivity contribution in [1.82, 2.24) is 19.6 Å². The lowest BCUT2D eigenvalue weighted by molar-refractivity contribution is 0.201. The molecule has 0 atom stereocenters. The Bertz CT molecular complexity index is 996. The van der Waals surface area contributed by atoms with E-state index in [0.717, 1.165) is 0 Å². The number of ether oxygens (including phenoxy) is 1. The molecule has 0 unspecified atom stereocenters. The first-order chi connectivity index (χ1) is 12.6. The van der Waals surface area contributed by atoms with Crippen molar-refractivity contribution < 1.29 is 9.53 Å². The highest BCUT2D eigenvalue weighted by Gasteiger charge is 2.14. The van der Waals surface area contributed by atoms with Crippen LogP contribution in [0.3, 0.4) is 0 Å². The molecule has 0 spiro atoms. The number of nitriles is 1. The average molecular weight is 372 g/mol. The number of hydrogen-bond donors (Lipinski definition) is 2. The minimum atomic E-state index is -0.500. The van der Waals surface area contributed by atoms with E-state index in [4.69, 9.17) is 21.6 Å². The van der Waals surface area contributed by atoms with Crippen molar-refractivity contribution in [1.29, 1.82) is 5.26 Å². The summed E-state index contributed by atoms with van der Waals surface area (Å²) in [5.74, 6) is 0. The van der Waals surface area contributed by atoms with Crippen LogP contribution in [0.2, 0.25) is 5.15 Å². The molecule has 0 bridgehead atoms. The molecule has 0 aliphatic heterocycles. The van der Waals surface area contributed by atoms with Crippen molar-refractivity contribution in [2.24, 2.45) is 0 Å². The zero-order valence-electron chi connectivity index (χ0n) is 13.7. The predicted molar refractivity (Wildman–Crippen MR) is 95.2 cm³/mol. The first-order valence-corrected chi connectivity index (χ1v) is 7.93.